The number of amides is 4. The van der Waals surface area contributed by atoms with Crippen molar-refractivity contribution in [3.05, 3.63) is 82.9 Å². The Morgan fingerprint density at radius 1 is 1.02 bits per heavy atom. The van der Waals surface area contributed by atoms with E-state index in [1.54, 1.807) is 29.3 Å². The fraction of sp³-hybridized carbons (Fsp3) is 0.410. The van der Waals surface area contributed by atoms with Crippen LogP contribution in [0, 0.1) is 11.7 Å². The molecule has 3 N–H and O–H groups in total. The van der Waals surface area contributed by atoms with Crippen molar-refractivity contribution in [1.82, 2.24) is 25.1 Å². The molecule has 2 aromatic heterocycles. The topological polar surface area (TPSA) is 140 Å². The van der Waals surface area contributed by atoms with E-state index in [0.29, 0.717) is 42.9 Å². The number of H-pyrrole nitrogens is 1. The molecule has 2 atom stereocenters. The fourth-order valence-corrected chi connectivity index (χ4v) is 8.21. The lowest BCUT2D eigenvalue weighted by Gasteiger charge is -2.35. The van der Waals surface area contributed by atoms with Gasteiger partial charge in [-0.3, -0.25) is 29.4 Å². The molecule has 3 fully saturated rings. The largest absolute Gasteiger partial charge is 0.491 e. The average Bonchev–Trinajstić information content (AvgIpc) is 3.85. The van der Waals surface area contributed by atoms with Crippen molar-refractivity contribution < 1.29 is 28.3 Å². The van der Waals surface area contributed by atoms with Crippen LogP contribution in [0.1, 0.15) is 83.0 Å². The van der Waals surface area contributed by atoms with Gasteiger partial charge in [0.1, 0.15) is 11.9 Å². The molecule has 0 bridgehead atoms. The summed E-state index contributed by atoms with van der Waals surface area (Å²) in [6.07, 6.45) is 7.14. The summed E-state index contributed by atoms with van der Waals surface area (Å²) in [6, 6.07) is 13.6. The predicted molar refractivity (Wildman–Crippen MR) is 193 cm³/mol. The second-order valence-electron chi connectivity index (χ2n) is 14.4. The van der Waals surface area contributed by atoms with Crippen molar-refractivity contribution in [3.63, 3.8) is 0 Å². The lowest BCUT2D eigenvalue weighted by atomic mass is 9.93. The van der Waals surface area contributed by atoms with Gasteiger partial charge in [-0.25, -0.2) is 9.37 Å². The van der Waals surface area contributed by atoms with Crippen LogP contribution in [0.4, 0.5) is 15.9 Å². The van der Waals surface area contributed by atoms with E-state index < -0.39 is 23.7 Å². The molecule has 6 heterocycles. The second-order valence-corrected chi connectivity index (χ2v) is 14.4. The first-order chi connectivity index (χ1) is 25.2. The molecule has 4 aliphatic heterocycles. The van der Waals surface area contributed by atoms with E-state index in [1.807, 2.05) is 12.1 Å². The van der Waals surface area contributed by atoms with Gasteiger partial charge in [-0.15, -0.1) is 0 Å². The lowest BCUT2D eigenvalue weighted by Crippen LogP contribution is -2.52. The molecule has 4 aliphatic rings. The van der Waals surface area contributed by atoms with E-state index in [0.717, 1.165) is 79.6 Å². The SMILES string of the molecule is CN1CCC[C@@H]1c1cc2cnc(NC(=O)c3ccc(OCCC4CCN(c5cccc6c5CN(C5CCC(=O)NC5=O)C6=O)CC4)c(F)c3)cc2[nH]1. The number of hydrogen-bond donors (Lipinski definition) is 3. The Kier molecular flexibility index (Phi) is 9.12. The van der Waals surface area contributed by atoms with Gasteiger partial charge in [0.25, 0.3) is 11.8 Å². The number of likely N-dealkylation sites (tertiary alicyclic amines) is 1. The van der Waals surface area contributed by atoms with Crippen LogP contribution in [0.5, 0.6) is 5.75 Å². The number of benzene rings is 2. The van der Waals surface area contributed by atoms with Crippen LogP contribution in [0.2, 0.25) is 0 Å². The Labute approximate surface area is 300 Å². The zero-order valence-corrected chi connectivity index (χ0v) is 29.1. The van der Waals surface area contributed by atoms with Gasteiger partial charge >= 0.3 is 0 Å². The fourth-order valence-electron chi connectivity index (χ4n) is 8.21. The molecular weight excluding hydrogens is 665 g/mol. The first-order valence-corrected chi connectivity index (χ1v) is 18.2. The van der Waals surface area contributed by atoms with Gasteiger partial charge in [0.15, 0.2) is 11.6 Å². The monoisotopic (exact) mass is 707 g/mol. The molecule has 4 amide bonds. The van der Waals surface area contributed by atoms with E-state index >= 15 is 4.39 Å². The Bertz CT molecular complexity index is 2060. The summed E-state index contributed by atoms with van der Waals surface area (Å²) >= 11 is 0. The number of nitrogens with one attached hydrogen (secondary N) is 3. The number of ether oxygens (including phenoxy) is 1. The van der Waals surface area contributed by atoms with Crippen LogP contribution in [-0.4, -0.2) is 82.7 Å². The normalized spacial score (nSPS) is 21.2. The lowest BCUT2D eigenvalue weighted by molar-refractivity contribution is -0.136. The number of fused-ring (bicyclic) bond motifs is 2. The highest BCUT2D eigenvalue weighted by molar-refractivity contribution is 6.06. The van der Waals surface area contributed by atoms with Crippen molar-refractivity contribution >= 4 is 46.0 Å². The van der Waals surface area contributed by atoms with Crippen LogP contribution in [0.25, 0.3) is 10.9 Å². The summed E-state index contributed by atoms with van der Waals surface area (Å²) in [5, 5.41) is 6.12. The number of piperidine rings is 2. The van der Waals surface area contributed by atoms with Crippen LogP contribution in [0.15, 0.2) is 54.7 Å². The highest BCUT2D eigenvalue weighted by atomic mass is 19.1. The van der Waals surface area contributed by atoms with E-state index in [9.17, 15) is 19.2 Å². The Hall–Kier alpha value is -5.30. The number of hydrogen-bond acceptors (Lipinski definition) is 8. The molecule has 52 heavy (non-hydrogen) atoms. The average molecular weight is 708 g/mol. The maximum atomic E-state index is 15.1. The third-order valence-corrected chi connectivity index (χ3v) is 11.1. The molecule has 8 rings (SSSR count). The molecule has 4 aromatic rings. The van der Waals surface area contributed by atoms with E-state index in [2.05, 4.69) is 43.5 Å². The first-order valence-electron chi connectivity index (χ1n) is 18.2. The maximum absolute atomic E-state index is 15.1. The standard InChI is InChI=1S/C39H42FN7O5/c1-45-14-3-6-32(45)30-19-25-21-41-35(20-29(25)42-30)43-37(49)24-7-9-34(28(40)18-24)52-17-13-23-11-15-46(16-12-23)31-5-2-4-26-27(31)22-47(39(26)51)33-8-10-36(48)44-38(33)50/h2,4-5,7,9,18-21,23,32-33,42H,3,6,8,10-17,22H2,1H3,(H,41,43,49)(H,44,48,50)/t32-,33?/m1/s1. The zero-order chi connectivity index (χ0) is 35.9. The summed E-state index contributed by atoms with van der Waals surface area (Å²) in [4.78, 5) is 64.4. The molecule has 12 nitrogen and oxygen atoms in total. The van der Waals surface area contributed by atoms with Crippen LogP contribution in [0.3, 0.4) is 0 Å². The Balaban J connectivity index is 0.820. The minimum atomic E-state index is -0.644. The quantitative estimate of drug-likeness (QED) is 0.203. The number of halogens is 1. The number of rotatable bonds is 9. The molecule has 0 aliphatic carbocycles. The van der Waals surface area contributed by atoms with Crippen molar-refractivity contribution in [2.75, 3.05) is 43.5 Å². The zero-order valence-electron chi connectivity index (χ0n) is 29.1. The molecule has 0 saturated carbocycles. The third kappa shape index (κ3) is 6.60. The molecular formula is C39H42FN7O5. The number of carbonyl (C=O) groups is 4. The van der Waals surface area contributed by atoms with Gasteiger partial charge in [-0.1, -0.05) is 6.07 Å². The molecule has 3 saturated heterocycles. The van der Waals surface area contributed by atoms with E-state index in [1.165, 1.54) is 12.1 Å². The highest BCUT2D eigenvalue weighted by Gasteiger charge is 2.40. The van der Waals surface area contributed by atoms with Gasteiger partial charge < -0.3 is 24.8 Å². The Morgan fingerprint density at radius 2 is 1.87 bits per heavy atom. The number of aromatic nitrogens is 2. The van der Waals surface area contributed by atoms with Gasteiger partial charge in [0.05, 0.1) is 12.1 Å². The van der Waals surface area contributed by atoms with Crippen LogP contribution < -0.4 is 20.3 Å². The minimum absolute atomic E-state index is 0.106. The van der Waals surface area contributed by atoms with Gasteiger partial charge in [-0.05, 0) is 94.4 Å². The number of aromatic amines is 1. The summed E-state index contributed by atoms with van der Waals surface area (Å²) in [5.74, 6) is -1.06. The number of anilines is 2. The van der Waals surface area contributed by atoms with Crippen LogP contribution >= 0.6 is 0 Å². The molecule has 0 radical (unpaired) electrons. The van der Waals surface area contributed by atoms with E-state index in [4.69, 9.17) is 4.74 Å². The summed E-state index contributed by atoms with van der Waals surface area (Å²) in [5.41, 5.74) is 4.74. The molecule has 2 aromatic carbocycles. The summed E-state index contributed by atoms with van der Waals surface area (Å²) < 4.78 is 20.9. The molecule has 1 unspecified atom stereocenters. The predicted octanol–water partition coefficient (Wildman–Crippen LogP) is 5.17. The smallest absolute Gasteiger partial charge is 0.256 e. The van der Waals surface area contributed by atoms with Crippen molar-refractivity contribution in [2.24, 2.45) is 5.92 Å². The Morgan fingerprint density at radius 3 is 2.63 bits per heavy atom. The number of nitrogens with zero attached hydrogens (tertiary/aromatic N) is 4. The van der Waals surface area contributed by atoms with Crippen molar-refractivity contribution in [2.45, 2.75) is 63.6 Å². The van der Waals surface area contributed by atoms with Gasteiger partial charge in [0, 0.05) is 77.8 Å². The second kappa shape index (κ2) is 14.0. The highest BCUT2D eigenvalue weighted by Crippen LogP contribution is 2.36. The number of carbonyl (C=O) groups excluding carboxylic acids is 4. The van der Waals surface area contributed by atoms with Crippen molar-refractivity contribution in [3.8, 4) is 5.75 Å². The number of pyridine rings is 1. The number of imide groups is 1. The third-order valence-electron chi connectivity index (χ3n) is 11.1. The van der Waals surface area contributed by atoms with Crippen molar-refractivity contribution in [1.29, 1.82) is 0 Å². The summed E-state index contributed by atoms with van der Waals surface area (Å²) in [6.45, 7) is 3.37. The summed E-state index contributed by atoms with van der Waals surface area (Å²) in [7, 11) is 2.12. The van der Waals surface area contributed by atoms with Gasteiger partial charge in [0.2, 0.25) is 11.8 Å². The molecule has 13 heteroatoms. The minimum Gasteiger partial charge on any atom is -0.491 e. The first kappa shape index (κ1) is 33.8. The molecule has 270 valence electrons. The molecule has 0 spiro atoms. The van der Waals surface area contributed by atoms with E-state index in [-0.39, 0.29) is 29.5 Å². The van der Waals surface area contributed by atoms with Gasteiger partial charge in [-0.2, -0.15) is 0 Å². The maximum Gasteiger partial charge on any atom is 0.256 e. The van der Waals surface area contributed by atoms with Crippen LogP contribution in [-0.2, 0) is 16.1 Å².